The van der Waals surface area contributed by atoms with E-state index in [-0.39, 0.29) is 0 Å². The van der Waals surface area contributed by atoms with E-state index in [1.165, 1.54) is 16.7 Å². The molecule has 0 radical (unpaired) electrons. The molecule has 1 aromatic heterocycles. The number of hydrogen-bond acceptors (Lipinski definition) is 4. The summed E-state index contributed by atoms with van der Waals surface area (Å²) in [6.07, 6.45) is 5.09. The van der Waals surface area contributed by atoms with E-state index in [2.05, 4.69) is 71.4 Å². The molecule has 0 saturated carbocycles. The number of ether oxygens (including phenoxy) is 1. The maximum atomic E-state index is 5.42. The third-order valence-corrected chi connectivity index (χ3v) is 5.96. The number of aromatic nitrogens is 1. The molecule has 0 aliphatic carbocycles. The highest BCUT2D eigenvalue weighted by Crippen LogP contribution is 2.28. The number of aryl methyl sites for hydroxylation is 1. The first-order valence-electron chi connectivity index (χ1n) is 11.2. The first-order chi connectivity index (χ1) is 15.2. The van der Waals surface area contributed by atoms with Crippen LogP contribution in [-0.2, 0) is 13.0 Å². The van der Waals surface area contributed by atoms with Crippen molar-refractivity contribution in [3.63, 3.8) is 0 Å². The molecular weight excluding hydrogens is 382 g/mol. The lowest BCUT2D eigenvalue weighted by Gasteiger charge is -2.30. The molecule has 3 aromatic rings. The highest BCUT2D eigenvalue weighted by molar-refractivity contribution is 5.77. The van der Waals surface area contributed by atoms with E-state index in [0.29, 0.717) is 6.04 Å². The minimum absolute atomic E-state index is 0.386. The van der Waals surface area contributed by atoms with Gasteiger partial charge >= 0.3 is 0 Å². The topological polar surface area (TPSA) is 37.7 Å². The van der Waals surface area contributed by atoms with Gasteiger partial charge in [-0.15, -0.1) is 0 Å². The zero-order chi connectivity index (χ0) is 21.5. The van der Waals surface area contributed by atoms with Crippen LogP contribution in [0.4, 0.5) is 0 Å². The lowest BCUT2D eigenvalue weighted by atomic mass is 9.98. The molecule has 31 heavy (non-hydrogen) atoms. The van der Waals surface area contributed by atoms with Crippen molar-refractivity contribution in [3.8, 4) is 16.9 Å². The fourth-order valence-electron chi connectivity index (χ4n) is 4.15. The number of methoxy groups -OCH3 is 1. The van der Waals surface area contributed by atoms with Crippen LogP contribution in [0.15, 0.2) is 71.7 Å². The second-order valence-corrected chi connectivity index (χ2v) is 8.08. The van der Waals surface area contributed by atoms with Gasteiger partial charge in [0.2, 0.25) is 0 Å². The van der Waals surface area contributed by atoms with Gasteiger partial charge < -0.3 is 4.74 Å². The molecule has 0 amide bonds. The van der Waals surface area contributed by atoms with Crippen LogP contribution in [0.2, 0.25) is 0 Å². The Balaban J connectivity index is 1.37. The molecule has 0 spiro atoms. The number of rotatable bonds is 7. The third-order valence-electron chi connectivity index (χ3n) is 5.96. The summed E-state index contributed by atoms with van der Waals surface area (Å²) in [5.41, 5.74) is 5.93. The van der Waals surface area contributed by atoms with Crippen molar-refractivity contribution in [1.82, 2.24) is 9.88 Å². The van der Waals surface area contributed by atoms with Gasteiger partial charge in [0.05, 0.1) is 18.8 Å². The van der Waals surface area contributed by atoms with E-state index in [9.17, 15) is 0 Å². The average Bonchev–Trinajstić information content (AvgIpc) is 2.84. The molecule has 2 aromatic carbocycles. The van der Waals surface area contributed by atoms with Gasteiger partial charge in [0, 0.05) is 31.5 Å². The van der Waals surface area contributed by atoms with Crippen LogP contribution in [-0.4, -0.2) is 42.3 Å². The van der Waals surface area contributed by atoms with Gasteiger partial charge in [-0.2, -0.15) is 0 Å². The maximum Gasteiger partial charge on any atom is 0.119 e. The number of likely N-dealkylation sites (tertiary alicyclic amines) is 1. The quantitative estimate of drug-likeness (QED) is 0.487. The molecule has 4 heteroatoms. The molecule has 0 unspecified atom stereocenters. The molecule has 0 atom stereocenters. The SMILES string of the molecule is CCc1cccc(C=NC2CCN(Cc3ccccc3-c3cccc(OC)c3)CC2)n1. The second kappa shape index (κ2) is 10.4. The molecule has 1 aliphatic heterocycles. The van der Waals surface area contributed by atoms with Gasteiger partial charge in [-0.3, -0.25) is 14.9 Å². The average molecular weight is 414 g/mol. The Kier molecular flexibility index (Phi) is 7.11. The standard InChI is InChI=1S/C27H31N3O/c1-3-23-10-7-11-25(29-23)19-28-24-14-16-30(17-15-24)20-22-8-4-5-13-27(22)21-9-6-12-26(18-21)31-2/h4-13,18-19,24H,3,14-17,20H2,1-2H3. The summed E-state index contributed by atoms with van der Waals surface area (Å²) in [4.78, 5) is 12.0. The van der Waals surface area contributed by atoms with Crippen LogP contribution in [0.25, 0.3) is 11.1 Å². The van der Waals surface area contributed by atoms with Crippen molar-refractivity contribution in [2.75, 3.05) is 20.2 Å². The van der Waals surface area contributed by atoms with Crippen LogP contribution in [0, 0.1) is 0 Å². The summed E-state index contributed by atoms with van der Waals surface area (Å²) in [7, 11) is 1.72. The Labute approximate surface area is 185 Å². The molecule has 2 heterocycles. The number of piperidine rings is 1. The van der Waals surface area contributed by atoms with Crippen LogP contribution in [0.3, 0.4) is 0 Å². The second-order valence-electron chi connectivity index (χ2n) is 8.08. The van der Waals surface area contributed by atoms with E-state index in [0.717, 1.165) is 56.0 Å². The van der Waals surface area contributed by atoms with Crippen molar-refractivity contribution in [1.29, 1.82) is 0 Å². The van der Waals surface area contributed by atoms with E-state index >= 15 is 0 Å². The number of nitrogens with zero attached hydrogens (tertiary/aromatic N) is 3. The fourth-order valence-corrected chi connectivity index (χ4v) is 4.15. The van der Waals surface area contributed by atoms with Gasteiger partial charge in [-0.25, -0.2) is 0 Å². The Morgan fingerprint density at radius 3 is 2.65 bits per heavy atom. The van der Waals surface area contributed by atoms with E-state index in [1.807, 2.05) is 18.3 Å². The zero-order valence-electron chi connectivity index (χ0n) is 18.5. The molecule has 4 nitrogen and oxygen atoms in total. The Hall–Kier alpha value is -2.98. The molecule has 0 N–H and O–H groups in total. The predicted molar refractivity (Wildman–Crippen MR) is 128 cm³/mol. The van der Waals surface area contributed by atoms with Gasteiger partial charge in [0.1, 0.15) is 5.75 Å². The first kappa shape index (κ1) is 21.3. The minimum atomic E-state index is 0.386. The summed E-state index contributed by atoms with van der Waals surface area (Å²) in [5, 5.41) is 0. The number of hydrogen-bond donors (Lipinski definition) is 0. The zero-order valence-corrected chi connectivity index (χ0v) is 18.5. The van der Waals surface area contributed by atoms with Gasteiger partial charge in [-0.1, -0.05) is 49.4 Å². The fraction of sp³-hybridized carbons (Fsp3) is 0.333. The lowest BCUT2D eigenvalue weighted by Crippen LogP contribution is -2.35. The monoisotopic (exact) mass is 413 g/mol. The summed E-state index contributed by atoms with van der Waals surface area (Å²) in [6, 6.07) is 23.6. The minimum Gasteiger partial charge on any atom is -0.497 e. The molecule has 1 aliphatic rings. The van der Waals surface area contributed by atoms with Gasteiger partial charge in [0.15, 0.2) is 0 Å². The number of benzene rings is 2. The summed E-state index contributed by atoms with van der Waals surface area (Å²) in [5.74, 6) is 0.893. The predicted octanol–water partition coefficient (Wildman–Crippen LogP) is 5.40. The van der Waals surface area contributed by atoms with E-state index in [4.69, 9.17) is 9.73 Å². The van der Waals surface area contributed by atoms with Crippen LogP contribution >= 0.6 is 0 Å². The summed E-state index contributed by atoms with van der Waals surface area (Å²) in [6.45, 7) is 5.23. The van der Waals surface area contributed by atoms with Gasteiger partial charge in [-0.05, 0) is 60.2 Å². The summed E-state index contributed by atoms with van der Waals surface area (Å²) >= 11 is 0. The summed E-state index contributed by atoms with van der Waals surface area (Å²) < 4.78 is 5.42. The van der Waals surface area contributed by atoms with Crippen LogP contribution < -0.4 is 4.74 Å². The number of pyridine rings is 1. The van der Waals surface area contributed by atoms with Crippen LogP contribution in [0.5, 0.6) is 5.75 Å². The maximum absolute atomic E-state index is 5.42. The molecule has 1 saturated heterocycles. The highest BCUT2D eigenvalue weighted by Gasteiger charge is 2.19. The van der Waals surface area contributed by atoms with Crippen LogP contribution in [0.1, 0.15) is 36.7 Å². The lowest BCUT2D eigenvalue weighted by molar-refractivity contribution is 0.207. The highest BCUT2D eigenvalue weighted by atomic mass is 16.5. The van der Waals surface area contributed by atoms with Crippen molar-refractivity contribution in [3.05, 3.63) is 83.7 Å². The Morgan fingerprint density at radius 1 is 1.03 bits per heavy atom. The number of aliphatic imine (C=N–C) groups is 1. The molecule has 160 valence electrons. The smallest absolute Gasteiger partial charge is 0.119 e. The van der Waals surface area contributed by atoms with Crippen molar-refractivity contribution in [2.45, 2.75) is 38.8 Å². The van der Waals surface area contributed by atoms with Gasteiger partial charge in [0.25, 0.3) is 0 Å². The molecule has 4 rings (SSSR count). The van der Waals surface area contributed by atoms with Crippen molar-refractivity contribution >= 4 is 6.21 Å². The van der Waals surface area contributed by atoms with Crippen molar-refractivity contribution < 1.29 is 4.74 Å². The Bertz CT molecular complexity index is 1020. The van der Waals surface area contributed by atoms with Crippen molar-refractivity contribution in [2.24, 2.45) is 4.99 Å². The largest absolute Gasteiger partial charge is 0.497 e. The molecule has 0 bridgehead atoms. The Morgan fingerprint density at radius 2 is 1.84 bits per heavy atom. The van der Waals surface area contributed by atoms with E-state index < -0.39 is 0 Å². The third kappa shape index (κ3) is 5.59. The first-order valence-corrected chi connectivity index (χ1v) is 11.2. The molecular formula is C27H31N3O. The normalized spacial score (nSPS) is 15.4. The molecule has 1 fully saturated rings. The van der Waals surface area contributed by atoms with E-state index in [1.54, 1.807) is 7.11 Å².